The van der Waals surface area contributed by atoms with E-state index in [9.17, 15) is 13.3 Å². The van der Waals surface area contributed by atoms with E-state index >= 15 is 0 Å². The molecule has 3 aromatic rings. The highest BCUT2D eigenvalue weighted by Crippen LogP contribution is 2.43. The average molecular weight is 405 g/mol. The maximum Gasteiger partial charge on any atom is 0.586 e. The highest BCUT2D eigenvalue weighted by atomic mass is 32.2. The van der Waals surface area contributed by atoms with Gasteiger partial charge < -0.3 is 18.9 Å². The van der Waals surface area contributed by atoms with Crippen molar-refractivity contribution in [2.75, 3.05) is 18.0 Å². The van der Waals surface area contributed by atoms with Gasteiger partial charge in [0.25, 0.3) is 0 Å². The second-order valence-corrected chi connectivity index (χ2v) is 8.20. The molecular formula is C19H17F2N3O3S. The number of nitrogens with one attached hydrogen (secondary N) is 1. The van der Waals surface area contributed by atoms with E-state index in [0.717, 1.165) is 37.2 Å². The lowest BCUT2D eigenvalue weighted by Crippen LogP contribution is -2.25. The molecule has 0 radical (unpaired) electrons. The Bertz CT molecular complexity index is 991. The van der Waals surface area contributed by atoms with Crippen molar-refractivity contribution in [1.82, 2.24) is 9.97 Å². The van der Waals surface area contributed by atoms with Gasteiger partial charge in [-0.05, 0) is 18.9 Å². The van der Waals surface area contributed by atoms with Gasteiger partial charge in [0.2, 0.25) is 0 Å². The van der Waals surface area contributed by atoms with Crippen LogP contribution in [0.5, 0.6) is 11.5 Å². The van der Waals surface area contributed by atoms with Crippen molar-refractivity contribution >= 4 is 27.9 Å². The van der Waals surface area contributed by atoms with Crippen LogP contribution in [0.4, 0.5) is 14.5 Å². The molecule has 5 rings (SSSR count). The summed E-state index contributed by atoms with van der Waals surface area (Å²) in [5, 5.41) is 0.293. The predicted octanol–water partition coefficient (Wildman–Crippen LogP) is 3.79. The number of fused-ring (bicyclic) bond motifs is 2. The lowest BCUT2D eigenvalue weighted by molar-refractivity contribution is -0.286. The Morgan fingerprint density at radius 2 is 1.86 bits per heavy atom. The molecular weight excluding hydrogens is 388 g/mol. The van der Waals surface area contributed by atoms with Crippen LogP contribution >= 0.6 is 0 Å². The summed E-state index contributed by atoms with van der Waals surface area (Å²) < 4.78 is 48.2. The zero-order chi connectivity index (χ0) is 19.3. The lowest BCUT2D eigenvalue weighted by atomic mass is 10.2. The van der Waals surface area contributed by atoms with Gasteiger partial charge in [-0.2, -0.15) is 4.98 Å². The van der Waals surface area contributed by atoms with E-state index in [1.807, 2.05) is 18.2 Å². The van der Waals surface area contributed by atoms with Crippen LogP contribution in [0.1, 0.15) is 18.4 Å². The molecule has 1 N–H and O–H groups in total. The maximum absolute atomic E-state index is 13.2. The van der Waals surface area contributed by atoms with E-state index in [4.69, 9.17) is 0 Å². The number of hydrogen-bond donors (Lipinski definition) is 1. The molecule has 146 valence electrons. The van der Waals surface area contributed by atoms with Crippen LogP contribution in [0.25, 0.3) is 11.0 Å². The number of rotatable bonds is 4. The van der Waals surface area contributed by atoms with Gasteiger partial charge in [0, 0.05) is 47.6 Å². The van der Waals surface area contributed by atoms with Gasteiger partial charge in [-0.15, -0.1) is 8.78 Å². The van der Waals surface area contributed by atoms with Crippen molar-refractivity contribution in [2.24, 2.45) is 0 Å². The first-order valence-corrected chi connectivity index (χ1v) is 10.3. The van der Waals surface area contributed by atoms with Gasteiger partial charge in [0.15, 0.2) is 11.5 Å². The minimum absolute atomic E-state index is 0.0714. The number of aromatic nitrogens is 2. The molecule has 2 aromatic carbocycles. The SMILES string of the molecule is [O-][S+](Cc1ccccc1N1CCCC1)c1nc2cc3c(cc2[nH]1)OC(F)(F)O3. The van der Waals surface area contributed by atoms with Gasteiger partial charge in [-0.1, -0.05) is 18.2 Å². The van der Waals surface area contributed by atoms with Crippen molar-refractivity contribution in [3.8, 4) is 11.5 Å². The molecule has 0 saturated carbocycles. The van der Waals surface area contributed by atoms with Gasteiger partial charge in [0.1, 0.15) is 5.75 Å². The molecule has 0 aliphatic carbocycles. The van der Waals surface area contributed by atoms with Crippen molar-refractivity contribution in [3.05, 3.63) is 42.0 Å². The number of H-pyrrole nitrogens is 1. The highest BCUT2D eigenvalue weighted by molar-refractivity contribution is 7.90. The number of ether oxygens (including phenoxy) is 2. The molecule has 3 heterocycles. The number of anilines is 1. The lowest BCUT2D eigenvalue weighted by Gasteiger charge is -2.21. The normalized spacial score (nSPS) is 18.8. The van der Waals surface area contributed by atoms with Crippen LogP contribution in [0.15, 0.2) is 41.6 Å². The third-order valence-electron chi connectivity index (χ3n) is 4.92. The third kappa shape index (κ3) is 3.14. The number of hydrogen-bond acceptors (Lipinski definition) is 5. The van der Waals surface area contributed by atoms with Gasteiger partial charge >= 0.3 is 11.5 Å². The number of nitrogens with zero attached hydrogens (tertiary/aromatic N) is 2. The standard InChI is InChI=1S/C19H17F2N3O3S/c20-19(21)26-16-9-13-14(10-17(16)27-19)23-18(22-13)28(25)11-12-5-1-2-6-15(12)24-7-3-4-8-24/h1-2,5-6,9-10H,3-4,7-8,11H2,(H,22,23). The molecule has 0 amide bonds. The second kappa shape index (κ2) is 6.52. The van der Waals surface area contributed by atoms with Crippen LogP contribution in [-0.2, 0) is 16.9 Å². The zero-order valence-electron chi connectivity index (χ0n) is 14.8. The summed E-state index contributed by atoms with van der Waals surface area (Å²) in [5.41, 5.74) is 2.97. The van der Waals surface area contributed by atoms with Crippen LogP contribution in [0.2, 0.25) is 0 Å². The number of para-hydroxylation sites is 1. The Balaban J connectivity index is 1.41. The van der Waals surface area contributed by atoms with Crippen LogP contribution < -0.4 is 14.4 Å². The van der Waals surface area contributed by atoms with Gasteiger partial charge in [-0.3, -0.25) is 4.98 Å². The first-order valence-electron chi connectivity index (χ1n) is 8.99. The topological polar surface area (TPSA) is 73.4 Å². The Labute approximate surface area is 162 Å². The average Bonchev–Trinajstić information content (AvgIpc) is 3.36. The summed E-state index contributed by atoms with van der Waals surface area (Å²) in [6.45, 7) is 2.01. The van der Waals surface area contributed by atoms with E-state index < -0.39 is 17.5 Å². The molecule has 6 nitrogen and oxygen atoms in total. The number of alkyl halides is 2. The van der Waals surface area contributed by atoms with Crippen molar-refractivity contribution in [1.29, 1.82) is 0 Å². The Morgan fingerprint density at radius 3 is 2.64 bits per heavy atom. The van der Waals surface area contributed by atoms with Crippen molar-refractivity contribution in [2.45, 2.75) is 30.0 Å². The number of aromatic amines is 1. The molecule has 28 heavy (non-hydrogen) atoms. The molecule has 1 fully saturated rings. The van der Waals surface area contributed by atoms with Crippen LogP contribution in [-0.4, -0.2) is 33.9 Å². The quantitative estimate of drug-likeness (QED) is 0.669. The van der Waals surface area contributed by atoms with E-state index in [1.165, 1.54) is 12.1 Å². The summed E-state index contributed by atoms with van der Waals surface area (Å²) >= 11 is -1.41. The largest absolute Gasteiger partial charge is 0.609 e. The first kappa shape index (κ1) is 17.6. The molecule has 1 atom stereocenters. The Kier molecular flexibility index (Phi) is 4.09. The van der Waals surface area contributed by atoms with Gasteiger partial charge in [0.05, 0.1) is 11.0 Å². The monoisotopic (exact) mass is 405 g/mol. The van der Waals surface area contributed by atoms with E-state index in [2.05, 4.69) is 30.4 Å². The molecule has 2 aliphatic heterocycles. The number of halogens is 2. The molecule has 0 bridgehead atoms. The number of imidazole rings is 1. The fraction of sp³-hybridized carbons (Fsp3) is 0.316. The summed E-state index contributed by atoms with van der Waals surface area (Å²) in [7, 11) is 0. The van der Waals surface area contributed by atoms with Crippen molar-refractivity contribution in [3.63, 3.8) is 0 Å². The summed E-state index contributed by atoms with van der Waals surface area (Å²) in [6.07, 6.45) is -1.35. The van der Waals surface area contributed by atoms with Crippen LogP contribution in [0, 0.1) is 0 Å². The molecule has 2 aliphatic rings. The van der Waals surface area contributed by atoms with Crippen molar-refractivity contribution < 1.29 is 22.8 Å². The fourth-order valence-corrected chi connectivity index (χ4v) is 4.73. The predicted molar refractivity (Wildman–Crippen MR) is 100 cm³/mol. The minimum atomic E-state index is -3.67. The van der Waals surface area contributed by atoms with E-state index in [-0.39, 0.29) is 11.5 Å². The summed E-state index contributed by atoms with van der Waals surface area (Å²) in [5.74, 6) is 0.163. The maximum atomic E-state index is 13.2. The molecule has 0 spiro atoms. The Hall–Kier alpha value is -2.52. The molecule has 1 aromatic heterocycles. The third-order valence-corrected chi connectivity index (χ3v) is 6.12. The van der Waals surface area contributed by atoms with E-state index in [0.29, 0.717) is 21.9 Å². The zero-order valence-corrected chi connectivity index (χ0v) is 15.6. The molecule has 1 unspecified atom stereocenters. The number of benzene rings is 2. The van der Waals surface area contributed by atoms with Gasteiger partial charge in [-0.25, -0.2) is 0 Å². The fourth-order valence-electron chi connectivity index (χ4n) is 3.65. The second-order valence-electron chi connectivity index (χ2n) is 6.84. The molecule has 1 saturated heterocycles. The van der Waals surface area contributed by atoms with E-state index in [1.54, 1.807) is 0 Å². The van der Waals surface area contributed by atoms with Crippen LogP contribution in [0.3, 0.4) is 0 Å². The first-order chi connectivity index (χ1) is 13.5. The molecule has 9 heteroatoms. The smallest absolute Gasteiger partial charge is 0.586 e. The summed E-state index contributed by atoms with van der Waals surface area (Å²) in [6, 6.07) is 10.7. The summed E-state index contributed by atoms with van der Waals surface area (Å²) in [4.78, 5) is 9.58. The minimum Gasteiger partial charge on any atom is -0.609 e. The highest BCUT2D eigenvalue weighted by Gasteiger charge is 2.43. The Morgan fingerprint density at radius 1 is 1.14 bits per heavy atom.